The molecule has 1 aliphatic heterocycles. The van der Waals surface area contributed by atoms with E-state index in [9.17, 15) is 4.79 Å². The van der Waals surface area contributed by atoms with Crippen molar-refractivity contribution in [2.24, 2.45) is 5.73 Å². The van der Waals surface area contributed by atoms with Crippen molar-refractivity contribution in [3.05, 3.63) is 35.8 Å². The summed E-state index contributed by atoms with van der Waals surface area (Å²) >= 11 is 0. The van der Waals surface area contributed by atoms with Crippen LogP contribution in [0.15, 0.2) is 24.5 Å². The molecular weight excluding hydrogens is 268 g/mol. The quantitative estimate of drug-likeness (QED) is 0.734. The molecule has 3 heterocycles. The van der Waals surface area contributed by atoms with Gasteiger partial charge in [-0.05, 0) is 25.1 Å². The Hall–Kier alpha value is -2.54. The maximum atomic E-state index is 11.0. The summed E-state index contributed by atoms with van der Waals surface area (Å²) in [5.74, 6) is 0.890. The van der Waals surface area contributed by atoms with Crippen molar-refractivity contribution in [2.75, 3.05) is 18.4 Å². The average Bonchev–Trinajstić information content (AvgIpc) is 2.53. The fraction of sp³-hybridized carbons (Fsp3) is 0.286. The number of primary amides is 1. The predicted octanol–water partition coefficient (Wildman–Crippen LogP) is 0.0815. The van der Waals surface area contributed by atoms with Crippen LogP contribution < -0.4 is 16.4 Å². The lowest BCUT2D eigenvalue weighted by atomic mass is 10.1. The van der Waals surface area contributed by atoms with E-state index in [0.717, 1.165) is 29.8 Å². The molecule has 0 unspecified atom stereocenters. The van der Waals surface area contributed by atoms with Crippen LogP contribution in [0, 0.1) is 0 Å². The van der Waals surface area contributed by atoms with Crippen LogP contribution in [-0.2, 0) is 17.8 Å². The maximum Gasteiger partial charge on any atom is 0.236 e. The second kappa shape index (κ2) is 5.84. The summed E-state index contributed by atoms with van der Waals surface area (Å²) in [6.07, 6.45) is 4.23. The number of amides is 1. The summed E-state index contributed by atoms with van der Waals surface area (Å²) in [4.78, 5) is 24.1. The highest BCUT2D eigenvalue weighted by Crippen LogP contribution is 2.24. The standard InChI is InChI=1S/C14H16N6O/c15-12(21)8-18-14-10-3-6-17-7-11(10)19-13(20-14)9-1-4-16-5-2-9/h1-2,4-5,17H,3,6-8H2,(H2,15,21)(H,18,19,20). The molecule has 108 valence electrons. The highest BCUT2D eigenvalue weighted by atomic mass is 16.1. The number of nitrogens with one attached hydrogen (secondary N) is 2. The van der Waals surface area contributed by atoms with Gasteiger partial charge in [-0.25, -0.2) is 9.97 Å². The van der Waals surface area contributed by atoms with Gasteiger partial charge in [-0.2, -0.15) is 0 Å². The normalized spacial score (nSPS) is 13.5. The predicted molar refractivity (Wildman–Crippen MR) is 78.4 cm³/mol. The van der Waals surface area contributed by atoms with Crippen molar-refractivity contribution in [3.63, 3.8) is 0 Å². The summed E-state index contributed by atoms with van der Waals surface area (Å²) < 4.78 is 0. The zero-order valence-corrected chi connectivity index (χ0v) is 11.5. The SMILES string of the molecule is NC(=O)CNc1nc(-c2ccncc2)nc2c1CCNC2. The van der Waals surface area contributed by atoms with Gasteiger partial charge in [0.15, 0.2) is 5.82 Å². The van der Waals surface area contributed by atoms with Gasteiger partial charge in [0.1, 0.15) is 5.82 Å². The van der Waals surface area contributed by atoms with E-state index in [2.05, 4.69) is 25.6 Å². The van der Waals surface area contributed by atoms with E-state index in [-0.39, 0.29) is 6.54 Å². The fourth-order valence-corrected chi connectivity index (χ4v) is 2.31. The number of hydrogen-bond donors (Lipinski definition) is 3. The Kier molecular flexibility index (Phi) is 3.74. The van der Waals surface area contributed by atoms with E-state index in [1.54, 1.807) is 12.4 Å². The van der Waals surface area contributed by atoms with Crippen LogP contribution in [0.3, 0.4) is 0 Å². The third-order valence-corrected chi connectivity index (χ3v) is 3.31. The number of fused-ring (bicyclic) bond motifs is 1. The molecule has 2 aromatic heterocycles. The van der Waals surface area contributed by atoms with Crippen molar-refractivity contribution in [1.29, 1.82) is 0 Å². The number of pyridine rings is 1. The monoisotopic (exact) mass is 284 g/mol. The van der Waals surface area contributed by atoms with Crippen molar-refractivity contribution >= 4 is 11.7 Å². The van der Waals surface area contributed by atoms with Crippen LogP contribution in [-0.4, -0.2) is 33.9 Å². The Morgan fingerprint density at radius 3 is 2.90 bits per heavy atom. The first-order chi connectivity index (χ1) is 10.2. The van der Waals surface area contributed by atoms with E-state index in [1.165, 1.54) is 0 Å². The Balaban J connectivity index is 2.02. The van der Waals surface area contributed by atoms with Gasteiger partial charge in [-0.3, -0.25) is 9.78 Å². The Bertz CT molecular complexity index is 658. The van der Waals surface area contributed by atoms with E-state index < -0.39 is 5.91 Å². The molecule has 21 heavy (non-hydrogen) atoms. The van der Waals surface area contributed by atoms with Gasteiger partial charge in [0.2, 0.25) is 5.91 Å². The van der Waals surface area contributed by atoms with Crippen molar-refractivity contribution in [1.82, 2.24) is 20.3 Å². The molecule has 0 saturated heterocycles. The largest absolute Gasteiger partial charge is 0.368 e. The highest BCUT2D eigenvalue weighted by molar-refractivity contribution is 5.79. The number of anilines is 1. The first kappa shape index (κ1) is 13.4. The molecular formula is C14H16N6O. The smallest absolute Gasteiger partial charge is 0.236 e. The molecule has 0 saturated carbocycles. The minimum atomic E-state index is -0.415. The van der Waals surface area contributed by atoms with Gasteiger partial charge < -0.3 is 16.4 Å². The Morgan fingerprint density at radius 1 is 1.33 bits per heavy atom. The number of nitrogens with two attached hydrogens (primary N) is 1. The topological polar surface area (TPSA) is 106 Å². The number of aromatic nitrogens is 3. The van der Waals surface area contributed by atoms with Gasteiger partial charge in [-0.1, -0.05) is 0 Å². The van der Waals surface area contributed by atoms with Crippen molar-refractivity contribution in [2.45, 2.75) is 13.0 Å². The second-order valence-corrected chi connectivity index (χ2v) is 4.80. The molecule has 0 radical (unpaired) electrons. The third kappa shape index (κ3) is 2.97. The summed E-state index contributed by atoms with van der Waals surface area (Å²) in [5, 5.41) is 6.30. The molecule has 0 atom stereocenters. The first-order valence-corrected chi connectivity index (χ1v) is 6.77. The van der Waals surface area contributed by atoms with E-state index >= 15 is 0 Å². The number of nitrogens with zero attached hydrogens (tertiary/aromatic N) is 3. The highest BCUT2D eigenvalue weighted by Gasteiger charge is 2.18. The maximum absolute atomic E-state index is 11.0. The molecule has 3 rings (SSSR count). The average molecular weight is 284 g/mol. The van der Waals surface area contributed by atoms with E-state index in [4.69, 9.17) is 5.73 Å². The van der Waals surface area contributed by atoms with Gasteiger partial charge in [0.25, 0.3) is 0 Å². The zero-order valence-electron chi connectivity index (χ0n) is 11.5. The summed E-state index contributed by atoms with van der Waals surface area (Å²) in [7, 11) is 0. The molecule has 1 amide bonds. The van der Waals surface area contributed by atoms with Crippen LogP contribution in [0.5, 0.6) is 0 Å². The molecule has 2 aromatic rings. The fourth-order valence-electron chi connectivity index (χ4n) is 2.31. The number of rotatable bonds is 4. The van der Waals surface area contributed by atoms with Gasteiger partial charge >= 0.3 is 0 Å². The lowest BCUT2D eigenvalue weighted by molar-refractivity contribution is -0.116. The molecule has 7 nitrogen and oxygen atoms in total. The first-order valence-electron chi connectivity index (χ1n) is 6.77. The van der Waals surface area contributed by atoms with Gasteiger partial charge in [-0.15, -0.1) is 0 Å². The second-order valence-electron chi connectivity index (χ2n) is 4.80. The van der Waals surface area contributed by atoms with Crippen molar-refractivity contribution in [3.8, 4) is 11.4 Å². The van der Waals surface area contributed by atoms with Gasteiger partial charge in [0.05, 0.1) is 12.2 Å². The minimum Gasteiger partial charge on any atom is -0.368 e. The van der Waals surface area contributed by atoms with Crippen LogP contribution in [0.2, 0.25) is 0 Å². The van der Waals surface area contributed by atoms with Crippen LogP contribution in [0.25, 0.3) is 11.4 Å². The summed E-state index contributed by atoms with van der Waals surface area (Å²) in [6.45, 7) is 1.63. The number of carbonyl (C=O) groups excluding carboxylic acids is 1. The molecule has 1 aliphatic rings. The number of hydrogen-bond acceptors (Lipinski definition) is 6. The number of carbonyl (C=O) groups is 1. The Morgan fingerprint density at radius 2 is 2.14 bits per heavy atom. The van der Waals surface area contributed by atoms with Crippen LogP contribution >= 0.6 is 0 Å². The Labute approximate surface area is 122 Å². The summed E-state index contributed by atoms with van der Waals surface area (Å²) in [6, 6.07) is 3.71. The molecule has 0 aliphatic carbocycles. The molecule has 0 aromatic carbocycles. The molecule has 0 spiro atoms. The minimum absolute atomic E-state index is 0.0622. The van der Waals surface area contributed by atoms with E-state index in [0.29, 0.717) is 18.2 Å². The van der Waals surface area contributed by atoms with E-state index in [1.807, 2.05) is 12.1 Å². The molecule has 7 heteroatoms. The van der Waals surface area contributed by atoms with Gasteiger partial charge in [0, 0.05) is 30.1 Å². The zero-order chi connectivity index (χ0) is 14.7. The third-order valence-electron chi connectivity index (χ3n) is 3.31. The summed E-state index contributed by atoms with van der Waals surface area (Å²) in [5.41, 5.74) is 8.09. The lowest BCUT2D eigenvalue weighted by Gasteiger charge is -2.20. The molecule has 0 fully saturated rings. The van der Waals surface area contributed by atoms with Crippen molar-refractivity contribution < 1.29 is 4.79 Å². The molecule has 4 N–H and O–H groups in total. The van der Waals surface area contributed by atoms with Crippen LogP contribution in [0.1, 0.15) is 11.3 Å². The molecule has 0 bridgehead atoms. The lowest BCUT2D eigenvalue weighted by Crippen LogP contribution is -2.28. The van der Waals surface area contributed by atoms with Crippen LogP contribution in [0.4, 0.5) is 5.82 Å².